The van der Waals surface area contributed by atoms with Crippen LogP contribution in [-0.2, 0) is 16.6 Å². The van der Waals surface area contributed by atoms with Crippen LogP contribution in [0.2, 0.25) is 0 Å². The summed E-state index contributed by atoms with van der Waals surface area (Å²) in [5, 5.41) is 0. The molecule has 3 aliphatic carbocycles. The van der Waals surface area contributed by atoms with Gasteiger partial charge in [-0.25, -0.2) is 0 Å². The minimum Gasteiger partial charge on any atom is -0.366 e. The molecule has 3 unspecified atom stereocenters. The van der Waals surface area contributed by atoms with E-state index in [2.05, 4.69) is 11.0 Å². The number of carbonyl (C=O) groups is 2. The summed E-state index contributed by atoms with van der Waals surface area (Å²) in [6.07, 6.45) is 8.65. The molecule has 2 saturated carbocycles. The van der Waals surface area contributed by atoms with Crippen LogP contribution in [0.5, 0.6) is 0 Å². The lowest BCUT2D eigenvalue weighted by molar-refractivity contribution is -0.127. The highest BCUT2D eigenvalue weighted by Gasteiger charge is 2.55. The lowest BCUT2D eigenvalue weighted by atomic mass is 9.52. The third kappa shape index (κ3) is 2.38. The minimum absolute atomic E-state index is 0.0604. The Kier molecular flexibility index (Phi) is 3.75. The van der Waals surface area contributed by atoms with E-state index in [1.807, 2.05) is 12.1 Å². The topological polar surface area (TPSA) is 63.4 Å². The summed E-state index contributed by atoms with van der Waals surface area (Å²) in [4.78, 5) is 26.9. The van der Waals surface area contributed by atoms with Crippen LogP contribution in [0.15, 0.2) is 18.2 Å². The van der Waals surface area contributed by atoms with Crippen LogP contribution in [0.4, 0.5) is 0 Å². The third-order valence-electron chi connectivity index (χ3n) is 7.81. The molecule has 0 radical (unpaired) electrons. The van der Waals surface area contributed by atoms with Crippen molar-refractivity contribution >= 4 is 11.7 Å². The molecule has 5 rings (SSSR count). The number of primary amides is 1. The van der Waals surface area contributed by atoms with E-state index in [-0.39, 0.29) is 11.3 Å². The summed E-state index contributed by atoms with van der Waals surface area (Å²) in [6.45, 7) is 2.32. The van der Waals surface area contributed by atoms with Crippen molar-refractivity contribution in [3.63, 3.8) is 0 Å². The number of fused-ring (bicyclic) bond motifs is 1. The molecule has 3 fully saturated rings. The molecule has 1 saturated heterocycles. The van der Waals surface area contributed by atoms with Crippen molar-refractivity contribution in [2.24, 2.45) is 17.6 Å². The molecule has 0 aromatic heterocycles. The van der Waals surface area contributed by atoms with Crippen molar-refractivity contribution in [3.8, 4) is 0 Å². The molecule has 2 bridgehead atoms. The van der Waals surface area contributed by atoms with E-state index in [9.17, 15) is 9.59 Å². The molecule has 1 aliphatic heterocycles. The van der Waals surface area contributed by atoms with Gasteiger partial charge in [-0.3, -0.25) is 14.5 Å². The number of nitrogens with two attached hydrogens (primary N) is 1. The van der Waals surface area contributed by atoms with Crippen molar-refractivity contribution in [1.29, 1.82) is 0 Å². The number of amides is 1. The maximum Gasteiger partial charge on any atom is 0.248 e. The molecule has 1 amide bonds. The summed E-state index contributed by atoms with van der Waals surface area (Å²) in [7, 11) is 0. The predicted molar refractivity (Wildman–Crippen MR) is 100 cm³/mol. The molecular formula is C22H28N2O2. The SMILES string of the molecule is NC(=O)c1ccc2c(c1)C13CCN(CC4CCC4)C(C2)C1CCC(=O)C3. The highest BCUT2D eigenvalue weighted by atomic mass is 16.1. The van der Waals surface area contributed by atoms with Crippen LogP contribution in [0, 0.1) is 11.8 Å². The highest BCUT2D eigenvalue weighted by Crippen LogP contribution is 2.55. The Morgan fingerprint density at radius 3 is 2.85 bits per heavy atom. The smallest absolute Gasteiger partial charge is 0.248 e. The first-order chi connectivity index (χ1) is 12.6. The minimum atomic E-state index is -0.368. The number of rotatable bonds is 3. The van der Waals surface area contributed by atoms with E-state index in [1.165, 1.54) is 36.9 Å². The maximum atomic E-state index is 12.5. The summed E-state index contributed by atoms with van der Waals surface area (Å²) >= 11 is 0. The lowest BCUT2D eigenvalue weighted by Gasteiger charge is -2.59. The fourth-order valence-electron chi connectivity index (χ4n) is 6.29. The number of carbonyl (C=O) groups excluding carboxylic acids is 2. The molecule has 2 N–H and O–H groups in total. The maximum absolute atomic E-state index is 12.5. The average Bonchev–Trinajstić information content (AvgIpc) is 2.58. The van der Waals surface area contributed by atoms with Crippen LogP contribution < -0.4 is 5.73 Å². The molecule has 1 aromatic rings. The number of ketones is 1. The van der Waals surface area contributed by atoms with Crippen LogP contribution >= 0.6 is 0 Å². The van der Waals surface area contributed by atoms with Gasteiger partial charge in [0, 0.05) is 36.4 Å². The molecule has 1 aromatic carbocycles. The Labute approximate surface area is 155 Å². The van der Waals surface area contributed by atoms with E-state index < -0.39 is 0 Å². The Morgan fingerprint density at radius 1 is 1.27 bits per heavy atom. The van der Waals surface area contributed by atoms with Crippen LogP contribution in [0.3, 0.4) is 0 Å². The first-order valence-corrected chi connectivity index (χ1v) is 10.3. The van der Waals surface area contributed by atoms with Gasteiger partial charge in [0.15, 0.2) is 0 Å². The normalized spacial score (nSPS) is 33.9. The standard InChI is InChI=1S/C22H28N2O2/c23-21(26)16-5-4-15-11-20-18-7-6-17(25)12-22(18,19(15)10-16)8-9-24(20)13-14-2-1-3-14/h4-5,10,14,18,20H,1-3,6-9,11-13H2,(H2,23,26). The largest absolute Gasteiger partial charge is 0.366 e. The second-order valence-electron chi connectivity index (χ2n) is 9.07. The monoisotopic (exact) mass is 352 g/mol. The summed E-state index contributed by atoms with van der Waals surface area (Å²) in [5.74, 6) is 1.45. The van der Waals surface area contributed by atoms with Crippen molar-refractivity contribution in [2.45, 2.75) is 62.8 Å². The number of nitrogens with zero attached hydrogens (tertiary/aromatic N) is 1. The molecule has 1 heterocycles. The number of benzene rings is 1. The average molecular weight is 352 g/mol. The predicted octanol–water partition coefficient (Wildman–Crippen LogP) is 2.82. The number of hydrogen-bond donors (Lipinski definition) is 1. The molecule has 4 nitrogen and oxygen atoms in total. The molecule has 4 aliphatic rings. The molecule has 0 spiro atoms. The molecular weight excluding hydrogens is 324 g/mol. The van der Waals surface area contributed by atoms with E-state index in [0.29, 0.717) is 29.7 Å². The van der Waals surface area contributed by atoms with Gasteiger partial charge in [-0.2, -0.15) is 0 Å². The second-order valence-corrected chi connectivity index (χ2v) is 9.07. The Balaban J connectivity index is 1.56. The number of Topliss-reactive ketones (excluding diaryl/α,β-unsaturated/α-hetero) is 1. The van der Waals surface area contributed by atoms with Gasteiger partial charge in [-0.05, 0) is 73.7 Å². The molecule has 3 atom stereocenters. The van der Waals surface area contributed by atoms with E-state index in [0.717, 1.165) is 38.1 Å². The van der Waals surface area contributed by atoms with E-state index in [1.54, 1.807) is 0 Å². The van der Waals surface area contributed by atoms with Gasteiger partial charge in [-0.1, -0.05) is 12.5 Å². The zero-order chi connectivity index (χ0) is 17.9. The molecule has 138 valence electrons. The summed E-state index contributed by atoms with van der Waals surface area (Å²) < 4.78 is 0. The molecule has 4 heteroatoms. The van der Waals surface area contributed by atoms with Gasteiger partial charge in [-0.15, -0.1) is 0 Å². The van der Waals surface area contributed by atoms with Crippen LogP contribution in [0.1, 0.15) is 66.4 Å². The van der Waals surface area contributed by atoms with Gasteiger partial charge in [0.1, 0.15) is 5.78 Å². The zero-order valence-electron chi connectivity index (χ0n) is 15.4. The zero-order valence-corrected chi connectivity index (χ0v) is 15.4. The lowest BCUT2D eigenvalue weighted by Crippen LogP contribution is -2.62. The van der Waals surface area contributed by atoms with Crippen molar-refractivity contribution in [2.75, 3.05) is 13.1 Å². The number of piperidine rings is 1. The summed E-state index contributed by atoms with van der Waals surface area (Å²) in [5.41, 5.74) is 8.67. The second kappa shape index (κ2) is 5.91. The van der Waals surface area contributed by atoms with E-state index in [4.69, 9.17) is 5.73 Å². The van der Waals surface area contributed by atoms with Crippen LogP contribution in [0.25, 0.3) is 0 Å². The van der Waals surface area contributed by atoms with Gasteiger partial charge in [0.2, 0.25) is 5.91 Å². The number of hydrogen-bond acceptors (Lipinski definition) is 3. The first-order valence-electron chi connectivity index (χ1n) is 10.3. The van der Waals surface area contributed by atoms with E-state index >= 15 is 0 Å². The Bertz CT molecular complexity index is 769. The quantitative estimate of drug-likeness (QED) is 0.910. The van der Waals surface area contributed by atoms with Gasteiger partial charge in [0.25, 0.3) is 0 Å². The van der Waals surface area contributed by atoms with Crippen molar-refractivity contribution in [1.82, 2.24) is 4.90 Å². The van der Waals surface area contributed by atoms with Crippen molar-refractivity contribution in [3.05, 3.63) is 34.9 Å². The third-order valence-corrected chi connectivity index (χ3v) is 7.81. The van der Waals surface area contributed by atoms with Gasteiger partial charge >= 0.3 is 0 Å². The fourth-order valence-corrected chi connectivity index (χ4v) is 6.29. The Morgan fingerprint density at radius 2 is 2.12 bits per heavy atom. The highest BCUT2D eigenvalue weighted by molar-refractivity contribution is 5.93. The number of likely N-dealkylation sites (tertiary alicyclic amines) is 1. The van der Waals surface area contributed by atoms with Gasteiger partial charge in [0.05, 0.1) is 0 Å². The Hall–Kier alpha value is -1.68. The molecule has 26 heavy (non-hydrogen) atoms. The fraction of sp³-hybridized carbons (Fsp3) is 0.636. The van der Waals surface area contributed by atoms with Gasteiger partial charge < -0.3 is 5.73 Å². The van der Waals surface area contributed by atoms with Crippen LogP contribution in [-0.4, -0.2) is 35.7 Å². The summed E-state index contributed by atoms with van der Waals surface area (Å²) in [6, 6.07) is 6.55. The van der Waals surface area contributed by atoms with Crippen molar-refractivity contribution < 1.29 is 9.59 Å². The first kappa shape index (κ1) is 16.5.